The molecule has 2 aliphatic rings. The number of likely N-dealkylation sites (tertiary alicyclic amines) is 1. The van der Waals surface area contributed by atoms with Crippen LogP contribution < -0.4 is 15.5 Å². The number of carbonyl (C=O) groups is 1. The summed E-state index contributed by atoms with van der Waals surface area (Å²) < 4.78 is 0. The molecule has 144 valence electrons. The highest BCUT2D eigenvalue weighted by Crippen LogP contribution is 2.26. The number of urea groups is 1. The number of hydrogen-bond acceptors (Lipinski definition) is 3. The summed E-state index contributed by atoms with van der Waals surface area (Å²) >= 11 is 6.27. The highest BCUT2D eigenvalue weighted by atomic mass is 35.5. The Kier molecular flexibility index (Phi) is 6.65. The van der Waals surface area contributed by atoms with Gasteiger partial charge in [0.25, 0.3) is 0 Å². The predicted molar refractivity (Wildman–Crippen MR) is 108 cm³/mol. The van der Waals surface area contributed by atoms with Crippen molar-refractivity contribution in [2.75, 3.05) is 37.6 Å². The number of carbonyl (C=O) groups excluding carboxylic acids is 1. The maximum atomic E-state index is 11.9. The minimum absolute atomic E-state index is 0.0796. The van der Waals surface area contributed by atoms with E-state index in [1.807, 2.05) is 18.7 Å². The fraction of sp³-hybridized carbons (Fsp3) is 0.650. The molecule has 3 rings (SSSR count). The van der Waals surface area contributed by atoms with Crippen LogP contribution in [0, 0.1) is 6.92 Å². The minimum Gasteiger partial charge on any atom is -0.371 e. The van der Waals surface area contributed by atoms with Gasteiger partial charge in [0.2, 0.25) is 0 Å². The molecule has 26 heavy (non-hydrogen) atoms. The maximum absolute atomic E-state index is 11.9. The standard InChI is InChI=1S/C20H31ClN4O/c1-3-22-20(26)25-12-8-17(9-13-25)23-16-6-10-24(11-7-16)18-5-4-15(2)19(21)14-18/h4-5,14,16-17,23H,3,6-13H2,1-2H3,(H,22,26). The number of aryl methyl sites for hydroxylation is 1. The van der Waals surface area contributed by atoms with Crippen molar-refractivity contribution in [3.8, 4) is 0 Å². The summed E-state index contributed by atoms with van der Waals surface area (Å²) in [5.41, 5.74) is 2.36. The molecule has 6 heteroatoms. The van der Waals surface area contributed by atoms with E-state index in [-0.39, 0.29) is 6.03 Å². The monoisotopic (exact) mass is 378 g/mol. The Balaban J connectivity index is 1.42. The average molecular weight is 379 g/mol. The van der Waals surface area contributed by atoms with Gasteiger partial charge in [-0.25, -0.2) is 4.79 Å². The second-order valence-electron chi connectivity index (χ2n) is 7.46. The molecular weight excluding hydrogens is 348 g/mol. The van der Waals surface area contributed by atoms with E-state index in [1.165, 1.54) is 5.69 Å². The van der Waals surface area contributed by atoms with E-state index in [0.717, 1.165) is 62.4 Å². The van der Waals surface area contributed by atoms with E-state index in [0.29, 0.717) is 18.6 Å². The van der Waals surface area contributed by atoms with Crippen molar-refractivity contribution >= 4 is 23.3 Å². The van der Waals surface area contributed by atoms with Crippen molar-refractivity contribution in [2.24, 2.45) is 0 Å². The van der Waals surface area contributed by atoms with Gasteiger partial charge in [0.15, 0.2) is 0 Å². The third-order valence-electron chi connectivity index (χ3n) is 5.60. The minimum atomic E-state index is 0.0796. The Hall–Kier alpha value is -1.46. The van der Waals surface area contributed by atoms with Crippen molar-refractivity contribution in [2.45, 2.75) is 51.6 Å². The Morgan fingerprint density at radius 1 is 1.12 bits per heavy atom. The molecule has 0 spiro atoms. The lowest BCUT2D eigenvalue weighted by molar-refractivity contribution is 0.172. The van der Waals surface area contributed by atoms with Crippen molar-refractivity contribution in [1.82, 2.24) is 15.5 Å². The van der Waals surface area contributed by atoms with Gasteiger partial charge < -0.3 is 20.4 Å². The molecule has 2 N–H and O–H groups in total. The lowest BCUT2D eigenvalue weighted by Gasteiger charge is -2.38. The SMILES string of the molecule is CCNC(=O)N1CCC(NC2CCN(c3ccc(C)c(Cl)c3)CC2)CC1. The molecule has 0 radical (unpaired) electrons. The Morgan fingerprint density at radius 2 is 1.73 bits per heavy atom. The predicted octanol–water partition coefficient (Wildman–Crippen LogP) is 3.40. The second kappa shape index (κ2) is 8.96. The van der Waals surface area contributed by atoms with Crippen LogP contribution in [-0.2, 0) is 0 Å². The molecule has 0 atom stereocenters. The molecule has 1 aromatic rings. The van der Waals surface area contributed by atoms with Gasteiger partial charge >= 0.3 is 6.03 Å². The molecule has 2 saturated heterocycles. The summed E-state index contributed by atoms with van der Waals surface area (Å²) in [4.78, 5) is 16.3. The number of rotatable bonds is 4. The maximum Gasteiger partial charge on any atom is 0.317 e. The fourth-order valence-electron chi connectivity index (χ4n) is 3.93. The summed E-state index contributed by atoms with van der Waals surface area (Å²) in [7, 11) is 0. The lowest BCUT2D eigenvalue weighted by Crippen LogP contribution is -2.52. The highest BCUT2D eigenvalue weighted by molar-refractivity contribution is 6.31. The molecular formula is C20H31ClN4O. The van der Waals surface area contributed by atoms with Crippen LogP contribution >= 0.6 is 11.6 Å². The smallest absolute Gasteiger partial charge is 0.317 e. The zero-order valence-corrected chi connectivity index (χ0v) is 16.7. The highest BCUT2D eigenvalue weighted by Gasteiger charge is 2.26. The number of nitrogens with zero attached hydrogens (tertiary/aromatic N) is 2. The van der Waals surface area contributed by atoms with Crippen molar-refractivity contribution < 1.29 is 4.79 Å². The quantitative estimate of drug-likeness (QED) is 0.844. The first-order valence-electron chi connectivity index (χ1n) is 9.86. The largest absolute Gasteiger partial charge is 0.371 e. The van der Waals surface area contributed by atoms with Gasteiger partial charge in [0, 0.05) is 55.5 Å². The molecule has 0 aromatic heterocycles. The van der Waals surface area contributed by atoms with E-state index < -0.39 is 0 Å². The second-order valence-corrected chi connectivity index (χ2v) is 7.87. The summed E-state index contributed by atoms with van der Waals surface area (Å²) in [5, 5.41) is 7.57. The molecule has 1 aromatic carbocycles. The van der Waals surface area contributed by atoms with E-state index in [1.54, 1.807) is 0 Å². The van der Waals surface area contributed by atoms with Crippen LogP contribution in [0.15, 0.2) is 18.2 Å². The number of halogens is 1. The van der Waals surface area contributed by atoms with Gasteiger partial charge in [0.05, 0.1) is 0 Å². The Bertz CT molecular complexity index is 608. The molecule has 0 aliphatic carbocycles. The van der Waals surface area contributed by atoms with Gasteiger partial charge in [-0.15, -0.1) is 0 Å². The summed E-state index contributed by atoms with van der Waals surface area (Å²) in [6, 6.07) is 7.55. The van der Waals surface area contributed by atoms with Crippen LogP contribution in [-0.4, -0.2) is 55.7 Å². The van der Waals surface area contributed by atoms with E-state index in [9.17, 15) is 4.79 Å². The van der Waals surface area contributed by atoms with Crippen LogP contribution in [0.3, 0.4) is 0 Å². The van der Waals surface area contributed by atoms with E-state index in [4.69, 9.17) is 11.6 Å². The average Bonchev–Trinajstić information content (AvgIpc) is 2.65. The van der Waals surface area contributed by atoms with Gasteiger partial charge in [-0.2, -0.15) is 0 Å². The Morgan fingerprint density at radius 3 is 2.31 bits per heavy atom. The molecule has 2 aliphatic heterocycles. The molecule has 0 unspecified atom stereocenters. The number of nitrogens with one attached hydrogen (secondary N) is 2. The van der Waals surface area contributed by atoms with E-state index >= 15 is 0 Å². The number of benzene rings is 1. The molecule has 2 heterocycles. The number of amides is 2. The lowest BCUT2D eigenvalue weighted by atomic mass is 9.99. The van der Waals surface area contributed by atoms with Crippen LogP contribution in [0.2, 0.25) is 5.02 Å². The molecule has 0 saturated carbocycles. The molecule has 5 nitrogen and oxygen atoms in total. The number of piperidine rings is 2. The van der Waals surface area contributed by atoms with Crippen LogP contribution in [0.1, 0.15) is 38.2 Å². The summed E-state index contributed by atoms with van der Waals surface area (Å²) in [6.07, 6.45) is 4.40. The zero-order chi connectivity index (χ0) is 18.5. The first kappa shape index (κ1) is 19.3. The normalized spacial score (nSPS) is 19.7. The van der Waals surface area contributed by atoms with Crippen molar-refractivity contribution in [3.05, 3.63) is 28.8 Å². The third kappa shape index (κ3) is 4.83. The van der Waals surface area contributed by atoms with Gasteiger partial charge in [-0.3, -0.25) is 0 Å². The number of hydrogen-bond donors (Lipinski definition) is 2. The van der Waals surface area contributed by atoms with E-state index in [2.05, 4.69) is 33.7 Å². The van der Waals surface area contributed by atoms with Gasteiger partial charge in [-0.05, 0) is 57.2 Å². The topological polar surface area (TPSA) is 47.6 Å². The fourth-order valence-corrected chi connectivity index (χ4v) is 4.10. The first-order chi connectivity index (χ1) is 12.6. The Labute approximate surface area is 162 Å². The van der Waals surface area contributed by atoms with Crippen LogP contribution in [0.25, 0.3) is 0 Å². The molecule has 0 bridgehead atoms. The van der Waals surface area contributed by atoms with Gasteiger partial charge in [0.1, 0.15) is 0 Å². The summed E-state index contributed by atoms with van der Waals surface area (Å²) in [5.74, 6) is 0. The zero-order valence-electron chi connectivity index (χ0n) is 15.9. The molecule has 2 amide bonds. The summed E-state index contributed by atoms with van der Waals surface area (Å²) in [6.45, 7) is 8.53. The number of anilines is 1. The third-order valence-corrected chi connectivity index (χ3v) is 6.00. The van der Waals surface area contributed by atoms with Crippen molar-refractivity contribution in [3.63, 3.8) is 0 Å². The first-order valence-corrected chi connectivity index (χ1v) is 10.2. The van der Waals surface area contributed by atoms with Crippen LogP contribution in [0.5, 0.6) is 0 Å². The molecule has 2 fully saturated rings. The van der Waals surface area contributed by atoms with Gasteiger partial charge in [-0.1, -0.05) is 17.7 Å². The van der Waals surface area contributed by atoms with Crippen molar-refractivity contribution in [1.29, 1.82) is 0 Å². The van der Waals surface area contributed by atoms with Crippen LogP contribution in [0.4, 0.5) is 10.5 Å².